The Bertz CT molecular complexity index is 1480. The summed E-state index contributed by atoms with van der Waals surface area (Å²) in [5.74, 6) is -1.16. The van der Waals surface area contributed by atoms with E-state index in [0.29, 0.717) is 19.5 Å². The van der Waals surface area contributed by atoms with Crippen LogP contribution in [0, 0.1) is 5.41 Å². The van der Waals surface area contributed by atoms with Crippen molar-refractivity contribution in [3.63, 3.8) is 0 Å². The lowest BCUT2D eigenvalue weighted by molar-refractivity contribution is -0.145. The summed E-state index contributed by atoms with van der Waals surface area (Å²) >= 11 is 0. The lowest BCUT2D eigenvalue weighted by Gasteiger charge is -2.50. The molecule has 0 saturated carbocycles. The van der Waals surface area contributed by atoms with E-state index in [1.165, 1.54) is 0 Å². The van der Waals surface area contributed by atoms with Crippen LogP contribution in [-0.4, -0.2) is 81.3 Å². The molecule has 0 bridgehead atoms. The molecule has 1 aliphatic rings. The van der Waals surface area contributed by atoms with Gasteiger partial charge in [-0.25, -0.2) is 14.5 Å². The summed E-state index contributed by atoms with van der Waals surface area (Å²) in [7, 11) is -3.81. The molecule has 3 atom stereocenters. The number of amides is 2. The zero-order chi connectivity index (χ0) is 37.5. The van der Waals surface area contributed by atoms with Gasteiger partial charge in [0.05, 0.1) is 6.61 Å². The van der Waals surface area contributed by atoms with Crippen LogP contribution >= 0.6 is 7.37 Å². The van der Waals surface area contributed by atoms with Crippen LogP contribution in [-0.2, 0) is 29.9 Å². The number of aliphatic carboxylic acids is 1. The third-order valence-corrected chi connectivity index (χ3v) is 12.2. The Morgan fingerprint density at radius 2 is 1.44 bits per heavy atom. The second kappa shape index (κ2) is 16.4. The normalized spacial score (nSPS) is 22.0. The molecule has 50 heavy (non-hydrogen) atoms. The largest absolute Gasteiger partial charge is 0.480 e. The number of imide groups is 1. The van der Waals surface area contributed by atoms with Gasteiger partial charge < -0.3 is 19.1 Å². The maximum Gasteiger partial charge on any atom is 0.419 e. The molecule has 0 spiro atoms. The number of carbonyl (C=O) groups is 3. The highest BCUT2D eigenvalue weighted by atomic mass is 31.2. The minimum absolute atomic E-state index is 0.0227. The van der Waals surface area contributed by atoms with E-state index in [2.05, 4.69) is 29.2 Å². The first-order valence-corrected chi connectivity index (χ1v) is 19.5. The Labute approximate surface area is 299 Å². The lowest BCUT2D eigenvalue weighted by Crippen LogP contribution is -2.61. The molecule has 11 heteroatoms. The van der Waals surface area contributed by atoms with Gasteiger partial charge >= 0.3 is 18.2 Å². The molecular weight excluding hydrogens is 655 g/mol. The first-order chi connectivity index (χ1) is 23.1. The third kappa shape index (κ3) is 10.2. The van der Waals surface area contributed by atoms with Gasteiger partial charge in [-0.3, -0.25) is 14.3 Å². The molecule has 1 saturated heterocycles. The predicted molar refractivity (Wildman–Crippen MR) is 198 cm³/mol. The third-order valence-electron chi connectivity index (χ3n) is 8.74. The monoisotopic (exact) mass is 714 g/mol. The smallest absolute Gasteiger partial charge is 0.419 e. The molecule has 0 aromatic heterocycles. The fraction of sp³-hybridized carbons (Fsp3) is 0.615. The first kappa shape index (κ1) is 41.2. The Kier molecular flexibility index (Phi) is 13.5. The van der Waals surface area contributed by atoms with Crippen LogP contribution in [0.15, 0.2) is 54.6 Å². The molecule has 1 N–H and O–H groups in total. The molecule has 2 amide bonds. The van der Waals surface area contributed by atoms with Crippen LogP contribution in [0.3, 0.4) is 0 Å². The number of hydrogen-bond donors (Lipinski definition) is 1. The van der Waals surface area contributed by atoms with Crippen molar-refractivity contribution in [3.05, 3.63) is 60.2 Å². The van der Waals surface area contributed by atoms with Crippen LogP contribution in [0.4, 0.5) is 9.59 Å². The van der Waals surface area contributed by atoms with E-state index in [-0.39, 0.29) is 38.6 Å². The van der Waals surface area contributed by atoms with E-state index in [0.717, 1.165) is 21.6 Å². The average molecular weight is 715 g/mol. The van der Waals surface area contributed by atoms with Gasteiger partial charge in [-0.1, -0.05) is 75.4 Å². The highest BCUT2D eigenvalue weighted by Crippen LogP contribution is 2.67. The van der Waals surface area contributed by atoms with Crippen molar-refractivity contribution in [2.75, 3.05) is 25.9 Å². The van der Waals surface area contributed by atoms with Crippen molar-refractivity contribution in [2.24, 2.45) is 5.41 Å². The zero-order valence-corrected chi connectivity index (χ0v) is 32.7. The van der Waals surface area contributed by atoms with Crippen LogP contribution in [0.2, 0.25) is 0 Å². The van der Waals surface area contributed by atoms with E-state index in [1.807, 2.05) is 51.1 Å². The molecular formula is C39H59N2O8P. The topological polar surface area (TPSA) is 123 Å². The number of benzene rings is 2. The number of unbranched alkanes of at least 4 members (excludes halogenated alkanes) is 1. The minimum Gasteiger partial charge on any atom is -0.480 e. The molecule has 3 rings (SSSR count). The maximum atomic E-state index is 15.2. The van der Waals surface area contributed by atoms with Crippen molar-refractivity contribution in [1.29, 1.82) is 0 Å². The van der Waals surface area contributed by atoms with Gasteiger partial charge in [0, 0.05) is 25.3 Å². The molecule has 1 heterocycles. The molecule has 0 radical (unpaired) electrons. The fourth-order valence-electron chi connectivity index (χ4n) is 7.13. The van der Waals surface area contributed by atoms with Gasteiger partial charge in [0.25, 0.3) is 0 Å². The molecule has 0 aliphatic carbocycles. The van der Waals surface area contributed by atoms with Gasteiger partial charge in [0.2, 0.25) is 7.37 Å². The van der Waals surface area contributed by atoms with Gasteiger partial charge in [-0.05, 0) is 103 Å². The average Bonchev–Trinajstić information content (AvgIpc) is 3.10. The number of carboxylic acids is 1. The number of ether oxygens (including phenoxy) is 2. The van der Waals surface area contributed by atoms with E-state index in [4.69, 9.17) is 14.0 Å². The van der Waals surface area contributed by atoms with E-state index in [1.54, 1.807) is 48.5 Å². The highest BCUT2D eigenvalue weighted by Gasteiger charge is 2.64. The summed E-state index contributed by atoms with van der Waals surface area (Å²) in [6.45, 7) is 19.1. The number of rotatable bonds is 11. The van der Waals surface area contributed by atoms with Crippen molar-refractivity contribution in [3.8, 4) is 11.1 Å². The van der Waals surface area contributed by atoms with Crippen molar-refractivity contribution in [1.82, 2.24) is 9.80 Å². The summed E-state index contributed by atoms with van der Waals surface area (Å²) in [6, 6.07) is 17.5. The van der Waals surface area contributed by atoms with Crippen molar-refractivity contribution < 1.29 is 38.1 Å². The highest BCUT2D eigenvalue weighted by molar-refractivity contribution is 7.61. The fourth-order valence-corrected chi connectivity index (χ4v) is 10.6. The van der Waals surface area contributed by atoms with Crippen LogP contribution in [0.25, 0.3) is 11.1 Å². The number of carboxylic acid groups (broad SMARTS) is 1. The summed E-state index contributed by atoms with van der Waals surface area (Å²) < 4.78 is 32.3. The van der Waals surface area contributed by atoms with Crippen molar-refractivity contribution in [2.45, 2.75) is 124 Å². The van der Waals surface area contributed by atoms with E-state index in [9.17, 15) is 19.5 Å². The predicted octanol–water partition coefficient (Wildman–Crippen LogP) is 9.45. The molecule has 1 aliphatic heterocycles. The minimum atomic E-state index is -3.81. The van der Waals surface area contributed by atoms with Crippen molar-refractivity contribution >= 4 is 25.5 Å². The molecule has 2 aromatic carbocycles. The van der Waals surface area contributed by atoms with Gasteiger partial charge in [-0.2, -0.15) is 0 Å². The van der Waals surface area contributed by atoms with Gasteiger partial charge in [-0.15, -0.1) is 0 Å². The second-order valence-electron chi connectivity index (χ2n) is 16.2. The van der Waals surface area contributed by atoms with Crippen LogP contribution < -0.4 is 0 Å². The second-order valence-corrected chi connectivity index (χ2v) is 19.1. The Hall–Kier alpha value is -3.20. The molecule has 278 valence electrons. The lowest BCUT2D eigenvalue weighted by atomic mass is 9.74. The van der Waals surface area contributed by atoms with E-state index >= 15 is 4.57 Å². The molecule has 10 nitrogen and oxygen atoms in total. The van der Waals surface area contributed by atoms with Gasteiger partial charge in [0.15, 0.2) is 5.16 Å². The quantitative estimate of drug-likeness (QED) is 0.179. The number of carbonyl (C=O) groups excluding carboxylic acids is 2. The number of nitrogens with zero attached hydrogens (tertiary/aromatic N) is 2. The summed E-state index contributed by atoms with van der Waals surface area (Å²) in [4.78, 5) is 43.3. The summed E-state index contributed by atoms with van der Waals surface area (Å²) in [5, 5.41) is 9.57. The number of hydrogen-bond acceptors (Lipinski definition) is 8. The summed E-state index contributed by atoms with van der Waals surface area (Å²) in [6.07, 6.45) is -0.514. The maximum absolute atomic E-state index is 15.2. The molecule has 1 fully saturated rings. The Balaban J connectivity index is 2.05. The molecule has 2 aromatic rings. The zero-order valence-electron chi connectivity index (χ0n) is 31.8. The van der Waals surface area contributed by atoms with Crippen LogP contribution in [0.5, 0.6) is 0 Å². The Morgan fingerprint density at radius 3 is 1.96 bits per heavy atom. The summed E-state index contributed by atoms with van der Waals surface area (Å²) in [5.41, 5.74) is 0.842. The molecule has 3 unspecified atom stereocenters. The van der Waals surface area contributed by atoms with Crippen LogP contribution in [0.1, 0.15) is 100 Å². The Morgan fingerprint density at radius 1 is 0.880 bits per heavy atom. The first-order valence-electron chi connectivity index (χ1n) is 17.7. The standard InChI is InChI=1S/C39H59N2O8P/c1-11-47-50(46)27-19-25-40(28-30-22-15-16-23-31(30)29-20-13-12-14-21-29)32(36(2,3)4)39(50,33(42)43)24-17-18-26-41(34(44)48-37(5,6)7)35(45)49-38(8,9)10/h12-16,20-23,32H,11,17-19,24-28H2,1-10H3,(H,42,43). The van der Waals surface area contributed by atoms with E-state index < -0.39 is 53.3 Å². The van der Waals surface area contributed by atoms with Gasteiger partial charge in [0.1, 0.15) is 11.2 Å². The SMILES string of the molecule is CCOP1(=O)CCCN(Cc2ccccc2-c2ccccc2)C(C(C)(C)C)C1(CCCCN(C(=O)OC(C)(C)C)C(=O)OC(C)(C)C)C(=O)O.